The first kappa shape index (κ1) is 24.0. The number of carbonyl (C=O) groups excluding carboxylic acids is 2. The number of carbonyl (C=O) groups is 2. The van der Waals surface area contributed by atoms with Crippen molar-refractivity contribution in [3.63, 3.8) is 0 Å². The first-order chi connectivity index (χ1) is 16.5. The van der Waals surface area contributed by atoms with Crippen molar-refractivity contribution in [2.45, 2.75) is 37.5 Å². The average Bonchev–Trinajstić information content (AvgIpc) is 3.26. The zero-order valence-corrected chi connectivity index (χ0v) is 21.0. The summed E-state index contributed by atoms with van der Waals surface area (Å²) in [5.41, 5.74) is 4.09. The van der Waals surface area contributed by atoms with Crippen LogP contribution in [0, 0.1) is 6.92 Å². The molecule has 7 heteroatoms. The van der Waals surface area contributed by atoms with E-state index in [2.05, 4.69) is 12.2 Å². The smallest absolute Gasteiger partial charge is 0.341 e. The van der Waals surface area contributed by atoms with Crippen LogP contribution in [0.4, 0.5) is 5.00 Å². The van der Waals surface area contributed by atoms with Gasteiger partial charge in [-0.05, 0) is 43.5 Å². The second kappa shape index (κ2) is 10.8. The lowest BCUT2D eigenvalue weighted by atomic mass is 10.0. The van der Waals surface area contributed by atoms with Crippen molar-refractivity contribution in [2.24, 2.45) is 0 Å². The molecule has 174 valence electrons. The Hall–Kier alpha value is -3.16. The Morgan fingerprint density at radius 2 is 1.82 bits per heavy atom. The number of nitrogens with one attached hydrogen (secondary N) is 1. The molecule has 0 saturated carbocycles. The maximum absolute atomic E-state index is 13.3. The van der Waals surface area contributed by atoms with Crippen molar-refractivity contribution in [1.29, 1.82) is 0 Å². The number of hydrogen-bond donors (Lipinski definition) is 1. The van der Waals surface area contributed by atoms with Gasteiger partial charge in [-0.3, -0.25) is 4.79 Å². The number of aromatic nitrogens is 1. The SMILES string of the molecule is CCOC(=O)c1c(-c2ccccc2)csc1NC(=O)C(CC)Sc1cc(C)c2ccccc2n1. The molecule has 4 rings (SSSR count). The summed E-state index contributed by atoms with van der Waals surface area (Å²) >= 11 is 2.77. The van der Waals surface area contributed by atoms with Crippen LogP contribution in [0.25, 0.3) is 22.0 Å². The van der Waals surface area contributed by atoms with Gasteiger partial charge in [0.2, 0.25) is 5.91 Å². The summed E-state index contributed by atoms with van der Waals surface area (Å²) < 4.78 is 5.31. The topological polar surface area (TPSA) is 68.3 Å². The number of pyridine rings is 1. The summed E-state index contributed by atoms with van der Waals surface area (Å²) in [5.74, 6) is -0.599. The minimum atomic E-state index is -0.439. The molecule has 0 aliphatic heterocycles. The summed E-state index contributed by atoms with van der Waals surface area (Å²) in [6.07, 6.45) is 0.621. The van der Waals surface area contributed by atoms with Crippen LogP contribution in [-0.4, -0.2) is 28.7 Å². The minimum absolute atomic E-state index is 0.160. The lowest BCUT2D eigenvalue weighted by Gasteiger charge is -2.15. The molecule has 0 bridgehead atoms. The number of fused-ring (bicyclic) bond motifs is 1. The zero-order valence-electron chi connectivity index (χ0n) is 19.3. The number of anilines is 1. The van der Waals surface area contributed by atoms with Crippen LogP contribution < -0.4 is 5.32 Å². The molecule has 2 aromatic heterocycles. The van der Waals surface area contributed by atoms with Crippen molar-refractivity contribution in [1.82, 2.24) is 4.98 Å². The molecule has 0 aliphatic carbocycles. The Kier molecular flexibility index (Phi) is 7.65. The molecule has 34 heavy (non-hydrogen) atoms. The molecule has 1 atom stereocenters. The number of nitrogens with zero attached hydrogens (tertiary/aromatic N) is 1. The van der Waals surface area contributed by atoms with E-state index in [1.807, 2.05) is 73.0 Å². The van der Waals surface area contributed by atoms with Crippen LogP contribution in [0.2, 0.25) is 0 Å². The summed E-state index contributed by atoms with van der Waals surface area (Å²) in [5, 5.41) is 6.94. The highest BCUT2D eigenvalue weighted by Crippen LogP contribution is 2.37. The molecular weight excluding hydrogens is 464 g/mol. The Bertz CT molecular complexity index is 1320. The normalized spacial score (nSPS) is 11.9. The van der Waals surface area contributed by atoms with Crippen molar-refractivity contribution < 1.29 is 14.3 Å². The quantitative estimate of drug-likeness (QED) is 0.214. The Morgan fingerprint density at radius 3 is 2.56 bits per heavy atom. The lowest BCUT2D eigenvalue weighted by molar-refractivity contribution is -0.115. The van der Waals surface area contributed by atoms with E-state index in [4.69, 9.17) is 9.72 Å². The predicted molar refractivity (Wildman–Crippen MR) is 141 cm³/mol. The van der Waals surface area contributed by atoms with E-state index in [1.165, 1.54) is 23.1 Å². The minimum Gasteiger partial charge on any atom is -0.462 e. The number of aryl methyl sites for hydroxylation is 1. The van der Waals surface area contributed by atoms with Gasteiger partial charge in [-0.15, -0.1) is 11.3 Å². The van der Waals surface area contributed by atoms with Gasteiger partial charge in [0.1, 0.15) is 10.6 Å². The fraction of sp³-hybridized carbons (Fsp3) is 0.222. The molecule has 1 amide bonds. The third-order valence-corrected chi connectivity index (χ3v) is 7.60. The predicted octanol–water partition coefficient (Wildman–Crippen LogP) is 6.96. The van der Waals surface area contributed by atoms with E-state index in [9.17, 15) is 9.59 Å². The van der Waals surface area contributed by atoms with Gasteiger partial charge in [0.15, 0.2) is 0 Å². The molecule has 0 spiro atoms. The number of thioether (sulfide) groups is 1. The van der Waals surface area contributed by atoms with Gasteiger partial charge < -0.3 is 10.1 Å². The Labute approximate surface area is 207 Å². The van der Waals surface area contributed by atoms with E-state index in [1.54, 1.807) is 6.92 Å². The number of rotatable bonds is 8. The largest absolute Gasteiger partial charge is 0.462 e. The molecular formula is C27H26N2O3S2. The van der Waals surface area contributed by atoms with E-state index in [0.29, 0.717) is 17.0 Å². The molecule has 0 radical (unpaired) electrons. The second-order valence-electron chi connectivity index (χ2n) is 7.74. The number of ether oxygens (including phenoxy) is 1. The number of benzene rings is 2. The number of hydrogen-bond acceptors (Lipinski definition) is 6. The van der Waals surface area contributed by atoms with Gasteiger partial charge in [-0.2, -0.15) is 0 Å². The molecule has 0 saturated heterocycles. The number of thiophene rings is 1. The Morgan fingerprint density at radius 1 is 1.09 bits per heavy atom. The molecule has 0 fully saturated rings. The monoisotopic (exact) mass is 490 g/mol. The van der Waals surface area contributed by atoms with Crippen LogP contribution >= 0.6 is 23.1 Å². The molecule has 2 heterocycles. The van der Waals surface area contributed by atoms with Crippen molar-refractivity contribution in [3.8, 4) is 11.1 Å². The van der Waals surface area contributed by atoms with Crippen LogP contribution in [0.3, 0.4) is 0 Å². The van der Waals surface area contributed by atoms with E-state index >= 15 is 0 Å². The summed E-state index contributed by atoms with van der Waals surface area (Å²) in [6, 6.07) is 19.7. The zero-order chi connectivity index (χ0) is 24.1. The van der Waals surface area contributed by atoms with Gasteiger partial charge in [0.05, 0.1) is 22.4 Å². The van der Waals surface area contributed by atoms with Crippen LogP contribution in [0.5, 0.6) is 0 Å². The average molecular weight is 491 g/mol. The van der Waals surface area contributed by atoms with E-state index in [0.717, 1.165) is 32.6 Å². The highest BCUT2D eigenvalue weighted by atomic mass is 32.2. The van der Waals surface area contributed by atoms with E-state index in [-0.39, 0.29) is 17.8 Å². The van der Waals surface area contributed by atoms with Gasteiger partial charge in [0.25, 0.3) is 0 Å². The summed E-state index contributed by atoms with van der Waals surface area (Å²) in [7, 11) is 0. The van der Waals surface area contributed by atoms with Crippen molar-refractivity contribution in [2.75, 3.05) is 11.9 Å². The third-order valence-electron chi connectivity index (χ3n) is 5.42. The molecule has 4 aromatic rings. The lowest BCUT2D eigenvalue weighted by Crippen LogP contribution is -2.25. The van der Waals surface area contributed by atoms with Crippen LogP contribution in [-0.2, 0) is 9.53 Å². The number of para-hydroxylation sites is 1. The van der Waals surface area contributed by atoms with Crippen molar-refractivity contribution in [3.05, 3.63) is 77.2 Å². The third kappa shape index (κ3) is 5.16. The maximum atomic E-state index is 13.3. The van der Waals surface area contributed by atoms with Gasteiger partial charge in [0, 0.05) is 16.3 Å². The Balaban J connectivity index is 1.60. The second-order valence-corrected chi connectivity index (χ2v) is 9.84. The highest BCUT2D eigenvalue weighted by Gasteiger charge is 2.26. The summed E-state index contributed by atoms with van der Waals surface area (Å²) in [6.45, 7) is 6.06. The van der Waals surface area contributed by atoms with Crippen LogP contribution in [0.1, 0.15) is 36.2 Å². The summed E-state index contributed by atoms with van der Waals surface area (Å²) in [4.78, 5) is 30.8. The maximum Gasteiger partial charge on any atom is 0.341 e. The molecule has 0 aliphatic rings. The fourth-order valence-corrected chi connectivity index (χ4v) is 5.71. The van der Waals surface area contributed by atoms with E-state index < -0.39 is 5.97 Å². The van der Waals surface area contributed by atoms with Gasteiger partial charge >= 0.3 is 5.97 Å². The highest BCUT2D eigenvalue weighted by molar-refractivity contribution is 8.00. The number of amides is 1. The molecule has 2 aromatic carbocycles. The van der Waals surface area contributed by atoms with Crippen molar-refractivity contribution >= 4 is 50.9 Å². The molecule has 1 N–H and O–H groups in total. The van der Waals surface area contributed by atoms with Gasteiger partial charge in [-0.25, -0.2) is 9.78 Å². The molecule has 5 nitrogen and oxygen atoms in total. The van der Waals surface area contributed by atoms with Crippen LogP contribution in [0.15, 0.2) is 71.1 Å². The van der Waals surface area contributed by atoms with Gasteiger partial charge in [-0.1, -0.05) is 67.2 Å². The standard InChI is InChI=1S/C27H26N2O3S2/c1-4-22(34-23-15-17(3)19-13-9-10-14-21(19)28-23)25(30)29-26-24(27(31)32-5-2)20(16-33-26)18-11-7-6-8-12-18/h6-16,22H,4-5H2,1-3H3,(H,29,30). The molecule has 1 unspecified atom stereocenters. The number of esters is 1. The first-order valence-corrected chi connectivity index (χ1v) is 13.0. The first-order valence-electron chi connectivity index (χ1n) is 11.2. The fourth-order valence-electron chi connectivity index (χ4n) is 3.73.